The van der Waals surface area contributed by atoms with Gasteiger partial charge in [-0.25, -0.2) is 0 Å². The SMILES string of the molecule is CCN(CC)C(=O)CN(C)c1cc(Cl)ccc1N. The lowest BCUT2D eigenvalue weighted by Gasteiger charge is -2.25. The van der Waals surface area contributed by atoms with Crippen LogP contribution >= 0.6 is 11.6 Å². The number of hydrogen-bond acceptors (Lipinski definition) is 3. The van der Waals surface area contributed by atoms with Crippen LogP contribution in [0, 0.1) is 0 Å². The van der Waals surface area contributed by atoms with Gasteiger partial charge in [0.1, 0.15) is 0 Å². The molecule has 0 aliphatic carbocycles. The molecule has 1 rings (SSSR count). The third kappa shape index (κ3) is 3.53. The summed E-state index contributed by atoms with van der Waals surface area (Å²) in [6, 6.07) is 5.25. The van der Waals surface area contributed by atoms with Gasteiger partial charge in [-0.05, 0) is 32.0 Å². The van der Waals surface area contributed by atoms with Crippen LogP contribution in [0.25, 0.3) is 0 Å². The number of carbonyl (C=O) groups excluding carboxylic acids is 1. The van der Waals surface area contributed by atoms with Crippen molar-refractivity contribution in [2.24, 2.45) is 0 Å². The van der Waals surface area contributed by atoms with Gasteiger partial charge in [0.05, 0.1) is 17.9 Å². The van der Waals surface area contributed by atoms with Crippen LogP contribution in [-0.4, -0.2) is 37.5 Å². The lowest BCUT2D eigenvalue weighted by Crippen LogP contribution is -2.39. The molecule has 4 nitrogen and oxygen atoms in total. The number of nitrogens with zero attached hydrogens (tertiary/aromatic N) is 2. The van der Waals surface area contributed by atoms with E-state index in [1.165, 1.54) is 0 Å². The van der Waals surface area contributed by atoms with Gasteiger partial charge < -0.3 is 15.5 Å². The number of amides is 1. The Morgan fingerprint density at radius 2 is 1.94 bits per heavy atom. The Balaban J connectivity index is 2.79. The first-order valence-corrected chi connectivity index (χ1v) is 6.41. The van der Waals surface area contributed by atoms with E-state index in [2.05, 4.69) is 0 Å². The van der Waals surface area contributed by atoms with Crippen molar-refractivity contribution in [2.75, 3.05) is 37.3 Å². The molecular weight excluding hydrogens is 250 g/mol. The van der Waals surface area contributed by atoms with E-state index in [9.17, 15) is 4.79 Å². The summed E-state index contributed by atoms with van der Waals surface area (Å²) in [5, 5.41) is 0.612. The quantitative estimate of drug-likeness (QED) is 0.834. The zero-order chi connectivity index (χ0) is 13.7. The maximum absolute atomic E-state index is 12.0. The molecule has 18 heavy (non-hydrogen) atoms. The molecule has 0 heterocycles. The highest BCUT2D eigenvalue weighted by molar-refractivity contribution is 6.31. The monoisotopic (exact) mass is 269 g/mol. The second-order valence-electron chi connectivity index (χ2n) is 4.13. The number of benzene rings is 1. The Hall–Kier alpha value is -1.42. The van der Waals surface area contributed by atoms with Gasteiger partial charge in [0.2, 0.25) is 5.91 Å². The molecule has 0 saturated heterocycles. The molecule has 1 amide bonds. The lowest BCUT2D eigenvalue weighted by atomic mass is 10.2. The van der Waals surface area contributed by atoms with E-state index in [0.717, 1.165) is 5.69 Å². The van der Waals surface area contributed by atoms with Gasteiger partial charge in [0, 0.05) is 25.2 Å². The molecule has 0 fully saturated rings. The first kappa shape index (κ1) is 14.6. The predicted octanol–water partition coefficient (Wildman–Crippen LogP) is 2.23. The number of anilines is 2. The molecule has 5 heteroatoms. The van der Waals surface area contributed by atoms with Gasteiger partial charge in [-0.1, -0.05) is 11.6 Å². The summed E-state index contributed by atoms with van der Waals surface area (Å²) in [7, 11) is 1.84. The third-order valence-corrected chi connectivity index (χ3v) is 3.13. The minimum atomic E-state index is 0.0851. The number of hydrogen-bond donors (Lipinski definition) is 1. The van der Waals surface area contributed by atoms with Crippen molar-refractivity contribution in [3.63, 3.8) is 0 Å². The summed E-state index contributed by atoms with van der Waals surface area (Å²) in [6.07, 6.45) is 0. The summed E-state index contributed by atoms with van der Waals surface area (Å²) in [5.74, 6) is 0.0851. The summed E-state index contributed by atoms with van der Waals surface area (Å²) in [4.78, 5) is 15.6. The van der Waals surface area contributed by atoms with Crippen LogP contribution in [-0.2, 0) is 4.79 Å². The summed E-state index contributed by atoms with van der Waals surface area (Å²) in [6.45, 7) is 5.67. The second kappa shape index (κ2) is 6.50. The van der Waals surface area contributed by atoms with Crippen LogP contribution in [0.4, 0.5) is 11.4 Å². The van der Waals surface area contributed by atoms with Crippen molar-refractivity contribution in [1.29, 1.82) is 0 Å². The smallest absolute Gasteiger partial charge is 0.242 e. The molecule has 100 valence electrons. The van der Waals surface area contributed by atoms with Crippen molar-refractivity contribution < 1.29 is 4.79 Å². The van der Waals surface area contributed by atoms with E-state index in [1.54, 1.807) is 23.1 Å². The number of nitrogen functional groups attached to an aromatic ring is 1. The highest BCUT2D eigenvalue weighted by atomic mass is 35.5. The molecule has 0 unspecified atom stereocenters. The van der Waals surface area contributed by atoms with Crippen LogP contribution in [0.15, 0.2) is 18.2 Å². The van der Waals surface area contributed by atoms with Gasteiger partial charge in [-0.15, -0.1) is 0 Å². The van der Waals surface area contributed by atoms with Gasteiger partial charge >= 0.3 is 0 Å². The summed E-state index contributed by atoms with van der Waals surface area (Å²) in [5.41, 5.74) is 7.28. The van der Waals surface area contributed by atoms with E-state index < -0.39 is 0 Å². The van der Waals surface area contributed by atoms with Crippen LogP contribution < -0.4 is 10.6 Å². The number of nitrogens with two attached hydrogens (primary N) is 1. The fourth-order valence-corrected chi connectivity index (χ4v) is 1.98. The minimum absolute atomic E-state index is 0.0851. The van der Waals surface area contributed by atoms with E-state index >= 15 is 0 Å². The van der Waals surface area contributed by atoms with Crippen molar-refractivity contribution in [2.45, 2.75) is 13.8 Å². The van der Waals surface area contributed by atoms with Crippen LogP contribution in [0.3, 0.4) is 0 Å². The second-order valence-corrected chi connectivity index (χ2v) is 4.56. The minimum Gasteiger partial charge on any atom is -0.397 e. The maximum Gasteiger partial charge on any atom is 0.242 e. The Bertz CT molecular complexity index is 419. The fraction of sp³-hybridized carbons (Fsp3) is 0.462. The average Bonchev–Trinajstić information content (AvgIpc) is 2.33. The fourth-order valence-electron chi connectivity index (χ4n) is 1.81. The van der Waals surface area contributed by atoms with Crippen LogP contribution in [0.2, 0.25) is 5.02 Å². The van der Waals surface area contributed by atoms with Crippen molar-refractivity contribution in [1.82, 2.24) is 4.90 Å². The Morgan fingerprint density at radius 1 is 1.33 bits per heavy atom. The Labute approximate surface area is 113 Å². The zero-order valence-corrected chi connectivity index (χ0v) is 11.9. The molecule has 2 N–H and O–H groups in total. The first-order chi connectivity index (χ1) is 8.49. The van der Waals surface area contributed by atoms with Crippen LogP contribution in [0.5, 0.6) is 0 Å². The van der Waals surface area contributed by atoms with Gasteiger partial charge in [-0.3, -0.25) is 4.79 Å². The van der Waals surface area contributed by atoms with Crippen molar-refractivity contribution >= 4 is 28.9 Å². The molecule has 0 spiro atoms. The molecule has 0 aliphatic rings. The lowest BCUT2D eigenvalue weighted by molar-refractivity contribution is -0.129. The molecular formula is C13H20ClN3O. The zero-order valence-electron chi connectivity index (χ0n) is 11.1. The Kier molecular flexibility index (Phi) is 5.28. The largest absolute Gasteiger partial charge is 0.397 e. The van der Waals surface area contributed by atoms with E-state index in [0.29, 0.717) is 30.3 Å². The van der Waals surface area contributed by atoms with Crippen molar-refractivity contribution in [3.05, 3.63) is 23.2 Å². The van der Waals surface area contributed by atoms with Gasteiger partial charge in [0.15, 0.2) is 0 Å². The van der Waals surface area contributed by atoms with E-state index in [4.69, 9.17) is 17.3 Å². The molecule has 1 aromatic carbocycles. The van der Waals surface area contributed by atoms with Gasteiger partial charge in [-0.2, -0.15) is 0 Å². The van der Waals surface area contributed by atoms with Crippen molar-refractivity contribution in [3.8, 4) is 0 Å². The number of rotatable bonds is 5. The standard InChI is InChI=1S/C13H20ClN3O/c1-4-17(5-2)13(18)9-16(3)12-8-10(14)6-7-11(12)15/h6-8H,4-5,9,15H2,1-3H3. The number of likely N-dealkylation sites (N-methyl/N-ethyl adjacent to an activating group) is 2. The first-order valence-electron chi connectivity index (χ1n) is 6.03. The topological polar surface area (TPSA) is 49.6 Å². The Morgan fingerprint density at radius 3 is 2.50 bits per heavy atom. The highest BCUT2D eigenvalue weighted by Gasteiger charge is 2.14. The molecule has 0 bridgehead atoms. The summed E-state index contributed by atoms with van der Waals surface area (Å²) < 4.78 is 0. The van der Waals surface area contributed by atoms with Crippen LogP contribution in [0.1, 0.15) is 13.8 Å². The molecule has 0 atom stereocenters. The number of halogens is 1. The average molecular weight is 270 g/mol. The third-order valence-electron chi connectivity index (χ3n) is 2.89. The number of carbonyl (C=O) groups is 1. The molecule has 0 aliphatic heterocycles. The summed E-state index contributed by atoms with van der Waals surface area (Å²) >= 11 is 5.94. The highest BCUT2D eigenvalue weighted by Crippen LogP contribution is 2.25. The normalized spacial score (nSPS) is 10.2. The maximum atomic E-state index is 12.0. The molecule has 0 saturated carbocycles. The molecule has 0 radical (unpaired) electrons. The molecule has 1 aromatic rings. The predicted molar refractivity (Wildman–Crippen MR) is 77.1 cm³/mol. The molecule has 0 aromatic heterocycles. The van der Waals surface area contributed by atoms with Gasteiger partial charge in [0.25, 0.3) is 0 Å². The van der Waals surface area contributed by atoms with E-state index in [1.807, 2.05) is 25.8 Å². The van der Waals surface area contributed by atoms with E-state index in [-0.39, 0.29) is 5.91 Å².